The number of hydrogen-bond donors (Lipinski definition) is 1. The van der Waals surface area contributed by atoms with Crippen LogP contribution < -0.4 is 5.32 Å². The molecule has 2 aromatic heterocycles. The van der Waals surface area contributed by atoms with E-state index in [9.17, 15) is 4.79 Å². The van der Waals surface area contributed by atoms with Gasteiger partial charge in [-0.3, -0.25) is 9.78 Å². The lowest BCUT2D eigenvalue weighted by molar-refractivity contribution is 0.0940. The number of amides is 1. The van der Waals surface area contributed by atoms with Crippen LogP contribution in [0.1, 0.15) is 27.6 Å². The number of rotatable bonds is 4. The van der Waals surface area contributed by atoms with Crippen LogP contribution in [0.3, 0.4) is 0 Å². The second kappa shape index (κ2) is 6.39. The van der Waals surface area contributed by atoms with Crippen molar-refractivity contribution in [2.24, 2.45) is 0 Å². The molecule has 0 saturated carbocycles. The first-order valence-electron chi connectivity index (χ1n) is 7.32. The van der Waals surface area contributed by atoms with Crippen LogP contribution in [-0.2, 0) is 6.54 Å². The molecular weight excluding hydrogens is 290 g/mol. The van der Waals surface area contributed by atoms with E-state index >= 15 is 0 Å². The molecule has 1 aromatic carbocycles. The Hall–Kier alpha value is -3.02. The number of para-hydroxylation sites is 1. The zero-order valence-electron chi connectivity index (χ0n) is 13.0. The van der Waals surface area contributed by atoms with Crippen LogP contribution in [0.5, 0.6) is 0 Å². The second-order valence-electron chi connectivity index (χ2n) is 5.22. The SMILES string of the molecule is Cc1ccccc1-n1nc(C(=O)NCc2ccncc2)nc1C. The van der Waals surface area contributed by atoms with Crippen molar-refractivity contribution in [2.45, 2.75) is 20.4 Å². The maximum atomic E-state index is 12.2. The predicted octanol–water partition coefficient (Wildman–Crippen LogP) is 2.21. The third-order valence-electron chi connectivity index (χ3n) is 3.52. The number of benzene rings is 1. The lowest BCUT2D eigenvalue weighted by Crippen LogP contribution is -2.24. The number of carbonyl (C=O) groups is 1. The zero-order valence-corrected chi connectivity index (χ0v) is 13.0. The first-order valence-corrected chi connectivity index (χ1v) is 7.32. The van der Waals surface area contributed by atoms with Gasteiger partial charge in [-0.25, -0.2) is 9.67 Å². The van der Waals surface area contributed by atoms with Crippen molar-refractivity contribution in [1.82, 2.24) is 25.1 Å². The summed E-state index contributed by atoms with van der Waals surface area (Å²) >= 11 is 0. The topological polar surface area (TPSA) is 72.7 Å². The molecule has 23 heavy (non-hydrogen) atoms. The zero-order chi connectivity index (χ0) is 16.2. The van der Waals surface area contributed by atoms with Crippen molar-refractivity contribution >= 4 is 5.91 Å². The van der Waals surface area contributed by atoms with Gasteiger partial charge in [0.1, 0.15) is 5.82 Å². The standard InChI is InChI=1S/C17H17N5O/c1-12-5-3-4-6-15(12)22-13(2)20-16(21-22)17(23)19-11-14-7-9-18-10-8-14/h3-10H,11H2,1-2H3,(H,19,23). The number of nitrogens with one attached hydrogen (secondary N) is 1. The highest BCUT2D eigenvalue weighted by Crippen LogP contribution is 2.14. The molecule has 3 rings (SSSR count). The van der Waals surface area contributed by atoms with Crippen molar-refractivity contribution < 1.29 is 4.79 Å². The van der Waals surface area contributed by atoms with Crippen LogP contribution in [0.4, 0.5) is 0 Å². The molecule has 6 nitrogen and oxygen atoms in total. The normalized spacial score (nSPS) is 10.5. The average molecular weight is 307 g/mol. The number of aryl methyl sites for hydroxylation is 2. The summed E-state index contributed by atoms with van der Waals surface area (Å²) in [5.74, 6) is 0.547. The molecule has 3 aromatic rings. The van der Waals surface area contributed by atoms with Crippen molar-refractivity contribution in [2.75, 3.05) is 0 Å². The largest absolute Gasteiger partial charge is 0.345 e. The van der Waals surface area contributed by atoms with Gasteiger partial charge in [0.2, 0.25) is 5.82 Å². The van der Waals surface area contributed by atoms with Crippen LogP contribution >= 0.6 is 0 Å². The van der Waals surface area contributed by atoms with Gasteiger partial charge in [0.05, 0.1) is 5.69 Å². The lowest BCUT2D eigenvalue weighted by Gasteiger charge is -2.05. The molecule has 0 saturated heterocycles. The molecule has 0 atom stereocenters. The fourth-order valence-corrected chi connectivity index (χ4v) is 2.28. The minimum absolute atomic E-state index is 0.166. The number of hydrogen-bond acceptors (Lipinski definition) is 4. The van der Waals surface area contributed by atoms with Gasteiger partial charge in [-0.05, 0) is 43.2 Å². The van der Waals surface area contributed by atoms with Crippen LogP contribution in [0.2, 0.25) is 0 Å². The third kappa shape index (κ3) is 3.26. The lowest BCUT2D eigenvalue weighted by atomic mass is 10.2. The van der Waals surface area contributed by atoms with E-state index in [-0.39, 0.29) is 11.7 Å². The summed E-state index contributed by atoms with van der Waals surface area (Å²) in [6.07, 6.45) is 3.38. The second-order valence-corrected chi connectivity index (χ2v) is 5.22. The molecule has 0 unspecified atom stereocenters. The van der Waals surface area contributed by atoms with E-state index in [0.717, 1.165) is 16.8 Å². The molecule has 6 heteroatoms. The van der Waals surface area contributed by atoms with Crippen LogP contribution in [0, 0.1) is 13.8 Å². The van der Waals surface area contributed by atoms with Gasteiger partial charge >= 0.3 is 0 Å². The summed E-state index contributed by atoms with van der Waals surface area (Å²) < 4.78 is 1.69. The summed E-state index contributed by atoms with van der Waals surface area (Å²) in [5, 5.41) is 7.15. The van der Waals surface area contributed by atoms with E-state index in [1.165, 1.54) is 0 Å². The molecule has 0 aliphatic rings. The highest BCUT2D eigenvalue weighted by atomic mass is 16.2. The Morgan fingerprint density at radius 3 is 2.61 bits per heavy atom. The monoisotopic (exact) mass is 307 g/mol. The first-order chi connectivity index (χ1) is 11.1. The first kappa shape index (κ1) is 14.9. The molecule has 2 heterocycles. The average Bonchev–Trinajstić information content (AvgIpc) is 2.96. The fraction of sp³-hybridized carbons (Fsp3) is 0.176. The third-order valence-corrected chi connectivity index (χ3v) is 3.52. The van der Waals surface area contributed by atoms with Gasteiger partial charge < -0.3 is 5.32 Å². The van der Waals surface area contributed by atoms with Gasteiger partial charge in [-0.1, -0.05) is 18.2 Å². The Labute approximate surface area is 134 Å². The molecule has 0 radical (unpaired) electrons. The Morgan fingerprint density at radius 1 is 1.13 bits per heavy atom. The van der Waals surface area contributed by atoms with Crippen LogP contribution in [0.15, 0.2) is 48.8 Å². The van der Waals surface area contributed by atoms with Crippen LogP contribution in [-0.4, -0.2) is 25.7 Å². The van der Waals surface area contributed by atoms with Crippen molar-refractivity contribution in [3.8, 4) is 5.69 Å². The number of nitrogens with zero attached hydrogens (tertiary/aromatic N) is 4. The van der Waals surface area contributed by atoms with E-state index in [1.54, 1.807) is 17.1 Å². The molecule has 0 aliphatic heterocycles. The van der Waals surface area contributed by atoms with Gasteiger partial charge in [-0.15, -0.1) is 5.10 Å². The van der Waals surface area contributed by atoms with Crippen molar-refractivity contribution in [3.63, 3.8) is 0 Å². The molecule has 116 valence electrons. The highest BCUT2D eigenvalue weighted by Gasteiger charge is 2.15. The van der Waals surface area contributed by atoms with Gasteiger partial charge in [0.15, 0.2) is 0 Å². The minimum Gasteiger partial charge on any atom is -0.345 e. The summed E-state index contributed by atoms with van der Waals surface area (Å²) in [6.45, 7) is 4.25. The number of aromatic nitrogens is 4. The van der Waals surface area contributed by atoms with Gasteiger partial charge in [-0.2, -0.15) is 0 Å². The molecule has 0 aliphatic carbocycles. The van der Waals surface area contributed by atoms with E-state index in [2.05, 4.69) is 20.4 Å². The quantitative estimate of drug-likeness (QED) is 0.802. The van der Waals surface area contributed by atoms with Gasteiger partial charge in [0, 0.05) is 18.9 Å². The Bertz CT molecular complexity index is 826. The molecular formula is C17H17N5O. The van der Waals surface area contributed by atoms with Crippen molar-refractivity contribution in [1.29, 1.82) is 0 Å². The number of pyridine rings is 1. The molecule has 1 amide bonds. The van der Waals surface area contributed by atoms with Gasteiger partial charge in [0.25, 0.3) is 5.91 Å². The van der Waals surface area contributed by atoms with Crippen LogP contribution in [0.25, 0.3) is 5.69 Å². The highest BCUT2D eigenvalue weighted by molar-refractivity contribution is 5.90. The van der Waals surface area contributed by atoms with E-state index < -0.39 is 0 Å². The molecule has 0 fully saturated rings. The summed E-state index contributed by atoms with van der Waals surface area (Å²) in [4.78, 5) is 20.4. The molecule has 0 bridgehead atoms. The fourth-order valence-electron chi connectivity index (χ4n) is 2.28. The maximum Gasteiger partial charge on any atom is 0.291 e. The summed E-state index contributed by atoms with van der Waals surface area (Å²) in [6, 6.07) is 11.6. The maximum absolute atomic E-state index is 12.2. The molecule has 1 N–H and O–H groups in total. The Kier molecular flexibility index (Phi) is 4.14. The van der Waals surface area contributed by atoms with Crippen molar-refractivity contribution in [3.05, 3.63) is 71.6 Å². The van der Waals surface area contributed by atoms with E-state index in [1.807, 2.05) is 50.2 Å². The number of carbonyl (C=O) groups excluding carboxylic acids is 1. The Morgan fingerprint density at radius 2 is 1.87 bits per heavy atom. The minimum atomic E-state index is -0.294. The van der Waals surface area contributed by atoms with E-state index in [0.29, 0.717) is 12.4 Å². The van der Waals surface area contributed by atoms with E-state index in [4.69, 9.17) is 0 Å². The summed E-state index contributed by atoms with van der Waals surface area (Å²) in [5.41, 5.74) is 2.97. The Balaban J connectivity index is 1.78. The predicted molar refractivity (Wildman–Crippen MR) is 86.2 cm³/mol. The summed E-state index contributed by atoms with van der Waals surface area (Å²) in [7, 11) is 0. The smallest absolute Gasteiger partial charge is 0.291 e. The molecule has 0 spiro atoms.